The van der Waals surface area contributed by atoms with E-state index >= 15 is 0 Å². The molecule has 0 spiro atoms. The molecule has 3 rings (SSSR count). The van der Waals surface area contributed by atoms with Gasteiger partial charge in [-0.05, 0) is 18.4 Å². The van der Waals surface area contributed by atoms with Gasteiger partial charge in [0.15, 0.2) is 0 Å². The Labute approximate surface area is 113 Å². The van der Waals surface area contributed by atoms with Gasteiger partial charge in [0.2, 0.25) is 0 Å². The largest absolute Gasteiger partial charge is 0.381 e. The van der Waals surface area contributed by atoms with Crippen LogP contribution in [0.2, 0.25) is 0 Å². The summed E-state index contributed by atoms with van der Waals surface area (Å²) in [6, 6.07) is 10.5. The van der Waals surface area contributed by atoms with Crippen molar-refractivity contribution >= 4 is 0 Å². The molecule has 1 aromatic heterocycles. The summed E-state index contributed by atoms with van der Waals surface area (Å²) < 4.78 is 7.54. The molecule has 0 saturated heterocycles. The molecular formula is C15H19N3O. The van der Waals surface area contributed by atoms with Gasteiger partial charge in [-0.1, -0.05) is 30.3 Å². The van der Waals surface area contributed by atoms with Crippen molar-refractivity contribution in [3.8, 4) is 0 Å². The van der Waals surface area contributed by atoms with E-state index in [2.05, 4.69) is 21.7 Å². The van der Waals surface area contributed by atoms with Crippen LogP contribution in [0.25, 0.3) is 0 Å². The minimum atomic E-state index is -0.120. The Morgan fingerprint density at radius 3 is 2.74 bits per heavy atom. The summed E-state index contributed by atoms with van der Waals surface area (Å²) >= 11 is 0. The van der Waals surface area contributed by atoms with Gasteiger partial charge in [0.25, 0.3) is 0 Å². The monoisotopic (exact) mass is 257 g/mol. The molecule has 1 unspecified atom stereocenters. The molecule has 19 heavy (non-hydrogen) atoms. The minimum absolute atomic E-state index is 0.120. The van der Waals surface area contributed by atoms with E-state index in [0.717, 1.165) is 24.1 Å². The van der Waals surface area contributed by atoms with Crippen LogP contribution < -0.4 is 5.73 Å². The van der Waals surface area contributed by atoms with Gasteiger partial charge in [-0.15, -0.1) is 0 Å². The molecule has 0 bridgehead atoms. The first-order valence-electron chi connectivity index (χ1n) is 6.64. The Morgan fingerprint density at radius 1 is 1.32 bits per heavy atom. The lowest BCUT2D eigenvalue weighted by Gasteiger charge is -2.36. The SMILES string of the molecule is COC1CC(n2cncc2C(N)c2ccccc2)C1. The third-order valence-electron chi connectivity index (χ3n) is 3.97. The first-order chi connectivity index (χ1) is 9.29. The zero-order valence-electron chi connectivity index (χ0n) is 11.1. The lowest BCUT2D eigenvalue weighted by Crippen LogP contribution is -2.34. The Morgan fingerprint density at radius 2 is 2.05 bits per heavy atom. The molecule has 0 amide bonds. The minimum Gasteiger partial charge on any atom is -0.381 e. The van der Waals surface area contributed by atoms with Gasteiger partial charge in [0.05, 0.1) is 30.4 Å². The third-order valence-corrected chi connectivity index (χ3v) is 3.97. The van der Waals surface area contributed by atoms with Gasteiger partial charge >= 0.3 is 0 Å². The van der Waals surface area contributed by atoms with Crippen LogP contribution in [0.15, 0.2) is 42.9 Å². The van der Waals surface area contributed by atoms with Crippen molar-refractivity contribution in [3.05, 3.63) is 54.1 Å². The predicted molar refractivity (Wildman–Crippen MR) is 73.8 cm³/mol. The summed E-state index contributed by atoms with van der Waals surface area (Å²) in [5.74, 6) is 0. The molecule has 2 aromatic rings. The van der Waals surface area contributed by atoms with Gasteiger partial charge < -0.3 is 15.0 Å². The quantitative estimate of drug-likeness (QED) is 0.914. The summed E-state index contributed by atoms with van der Waals surface area (Å²) in [4.78, 5) is 4.26. The molecule has 1 atom stereocenters. The fourth-order valence-electron chi connectivity index (χ4n) is 2.65. The van der Waals surface area contributed by atoms with Crippen LogP contribution in [0.1, 0.15) is 36.2 Å². The molecule has 4 nitrogen and oxygen atoms in total. The molecule has 4 heteroatoms. The summed E-state index contributed by atoms with van der Waals surface area (Å²) in [5.41, 5.74) is 8.55. The molecule has 1 aromatic carbocycles. The summed E-state index contributed by atoms with van der Waals surface area (Å²) in [6.45, 7) is 0. The average Bonchev–Trinajstić information content (AvgIpc) is 2.87. The van der Waals surface area contributed by atoms with Crippen molar-refractivity contribution < 1.29 is 4.74 Å². The van der Waals surface area contributed by atoms with E-state index in [1.807, 2.05) is 30.7 Å². The normalized spacial score (nSPS) is 23.9. The van der Waals surface area contributed by atoms with Gasteiger partial charge in [0.1, 0.15) is 0 Å². The molecule has 1 heterocycles. The number of rotatable bonds is 4. The Kier molecular flexibility index (Phi) is 3.36. The van der Waals surface area contributed by atoms with Crippen molar-refractivity contribution in [2.75, 3.05) is 7.11 Å². The fourth-order valence-corrected chi connectivity index (χ4v) is 2.65. The summed E-state index contributed by atoms with van der Waals surface area (Å²) in [6.07, 6.45) is 6.23. The maximum absolute atomic E-state index is 6.35. The second kappa shape index (κ2) is 5.15. The van der Waals surface area contributed by atoms with Crippen molar-refractivity contribution in [2.45, 2.75) is 31.0 Å². The second-order valence-corrected chi connectivity index (χ2v) is 5.10. The predicted octanol–water partition coefficient (Wildman–Crippen LogP) is 2.28. The van der Waals surface area contributed by atoms with Crippen LogP contribution in [0, 0.1) is 0 Å². The zero-order valence-corrected chi connectivity index (χ0v) is 11.1. The van der Waals surface area contributed by atoms with Gasteiger partial charge in [-0.3, -0.25) is 0 Å². The maximum Gasteiger partial charge on any atom is 0.0951 e. The highest BCUT2D eigenvalue weighted by molar-refractivity contribution is 5.26. The number of aromatic nitrogens is 2. The van der Waals surface area contributed by atoms with Crippen LogP contribution in [0.5, 0.6) is 0 Å². The zero-order chi connectivity index (χ0) is 13.2. The molecule has 0 radical (unpaired) electrons. The Bertz CT molecular complexity index is 531. The highest BCUT2D eigenvalue weighted by Gasteiger charge is 2.32. The van der Waals surface area contributed by atoms with E-state index in [0.29, 0.717) is 12.1 Å². The van der Waals surface area contributed by atoms with Crippen LogP contribution in [-0.2, 0) is 4.74 Å². The second-order valence-electron chi connectivity index (χ2n) is 5.10. The lowest BCUT2D eigenvalue weighted by molar-refractivity contribution is 0.00529. The first kappa shape index (κ1) is 12.4. The Balaban J connectivity index is 1.81. The number of imidazole rings is 1. The summed E-state index contributed by atoms with van der Waals surface area (Å²) in [7, 11) is 1.77. The van der Waals surface area contributed by atoms with E-state index < -0.39 is 0 Å². The molecule has 1 saturated carbocycles. The van der Waals surface area contributed by atoms with Crippen molar-refractivity contribution in [1.82, 2.24) is 9.55 Å². The van der Waals surface area contributed by atoms with Crippen LogP contribution in [0.4, 0.5) is 0 Å². The number of nitrogens with two attached hydrogens (primary N) is 1. The van der Waals surface area contributed by atoms with Crippen molar-refractivity contribution in [1.29, 1.82) is 0 Å². The molecule has 1 aliphatic rings. The smallest absolute Gasteiger partial charge is 0.0951 e. The topological polar surface area (TPSA) is 53.1 Å². The Hall–Kier alpha value is -1.65. The van der Waals surface area contributed by atoms with Crippen LogP contribution in [0.3, 0.4) is 0 Å². The van der Waals surface area contributed by atoms with Crippen molar-refractivity contribution in [2.24, 2.45) is 5.73 Å². The average molecular weight is 257 g/mol. The fraction of sp³-hybridized carbons (Fsp3) is 0.400. The van der Waals surface area contributed by atoms with Crippen LogP contribution in [-0.4, -0.2) is 22.8 Å². The van der Waals surface area contributed by atoms with Crippen LogP contribution >= 0.6 is 0 Å². The van der Waals surface area contributed by atoms with Gasteiger partial charge in [0, 0.05) is 13.2 Å². The molecule has 2 N–H and O–H groups in total. The van der Waals surface area contributed by atoms with E-state index in [4.69, 9.17) is 10.5 Å². The number of nitrogens with zero attached hydrogens (tertiary/aromatic N) is 2. The summed E-state index contributed by atoms with van der Waals surface area (Å²) in [5, 5.41) is 0. The molecule has 0 aliphatic heterocycles. The number of hydrogen-bond donors (Lipinski definition) is 1. The number of hydrogen-bond acceptors (Lipinski definition) is 3. The lowest BCUT2D eigenvalue weighted by atomic mass is 9.88. The number of benzene rings is 1. The number of ether oxygens (including phenoxy) is 1. The number of methoxy groups -OCH3 is 1. The van der Waals surface area contributed by atoms with Gasteiger partial charge in [-0.25, -0.2) is 4.98 Å². The van der Waals surface area contributed by atoms with E-state index in [9.17, 15) is 0 Å². The van der Waals surface area contributed by atoms with E-state index in [1.165, 1.54) is 0 Å². The standard InChI is InChI=1S/C15H19N3O/c1-19-13-7-12(8-13)18-10-17-9-14(18)15(16)11-5-3-2-4-6-11/h2-6,9-10,12-13,15H,7-8,16H2,1H3. The molecule has 1 fully saturated rings. The molecular weight excluding hydrogens is 238 g/mol. The van der Waals surface area contributed by atoms with E-state index in [-0.39, 0.29) is 6.04 Å². The van der Waals surface area contributed by atoms with Crippen molar-refractivity contribution in [3.63, 3.8) is 0 Å². The van der Waals surface area contributed by atoms with E-state index in [1.54, 1.807) is 7.11 Å². The molecule has 1 aliphatic carbocycles. The first-order valence-corrected chi connectivity index (χ1v) is 6.64. The highest BCUT2D eigenvalue weighted by atomic mass is 16.5. The van der Waals surface area contributed by atoms with Gasteiger partial charge in [-0.2, -0.15) is 0 Å². The maximum atomic E-state index is 6.35. The third kappa shape index (κ3) is 2.29. The molecule has 100 valence electrons. The highest BCUT2D eigenvalue weighted by Crippen LogP contribution is 2.36.